The fourth-order valence-corrected chi connectivity index (χ4v) is 6.24. The molecule has 1 amide bonds. The van der Waals surface area contributed by atoms with E-state index < -0.39 is 0 Å². The zero-order valence-electron chi connectivity index (χ0n) is 26.2. The lowest BCUT2D eigenvalue weighted by molar-refractivity contribution is -0.112. The van der Waals surface area contributed by atoms with Crippen molar-refractivity contribution in [2.75, 3.05) is 44.0 Å². The van der Waals surface area contributed by atoms with Crippen LogP contribution in [0.2, 0.25) is 0 Å². The molecular weight excluding hydrogens is 592 g/mol. The van der Waals surface area contributed by atoms with Crippen molar-refractivity contribution < 1.29 is 19.0 Å². The summed E-state index contributed by atoms with van der Waals surface area (Å²) >= 11 is 0. The van der Waals surface area contributed by atoms with Gasteiger partial charge in [-0.15, -0.1) is 0 Å². The van der Waals surface area contributed by atoms with Crippen molar-refractivity contribution in [2.24, 2.45) is 0 Å². The lowest BCUT2D eigenvalue weighted by Gasteiger charge is -2.20. The first-order chi connectivity index (χ1) is 23.1. The number of piperidine rings is 1. The highest BCUT2D eigenvalue weighted by molar-refractivity contribution is 6.10. The Hall–Kier alpha value is -5.37. The van der Waals surface area contributed by atoms with Crippen LogP contribution in [-0.4, -0.2) is 55.0 Å². The molecule has 3 aromatic carbocycles. The summed E-state index contributed by atoms with van der Waals surface area (Å²) in [6.45, 7) is 3.54. The number of amides is 1. The summed E-state index contributed by atoms with van der Waals surface area (Å²) in [7, 11) is 1.67. The number of aromatic nitrogens is 2. The fourth-order valence-electron chi connectivity index (χ4n) is 6.24. The Morgan fingerprint density at radius 1 is 1.15 bits per heavy atom. The Morgan fingerprint density at radius 2 is 2.04 bits per heavy atom. The number of methoxy groups -OCH3 is 1. The van der Waals surface area contributed by atoms with Crippen molar-refractivity contribution in [3.63, 3.8) is 0 Å². The van der Waals surface area contributed by atoms with Gasteiger partial charge in [0.2, 0.25) is 5.91 Å². The first-order valence-corrected chi connectivity index (χ1v) is 15.9. The second-order valence-corrected chi connectivity index (χ2v) is 11.8. The van der Waals surface area contributed by atoms with E-state index in [1.54, 1.807) is 13.2 Å². The van der Waals surface area contributed by atoms with E-state index in [1.807, 2.05) is 36.4 Å². The van der Waals surface area contributed by atoms with E-state index in [4.69, 9.17) is 14.2 Å². The summed E-state index contributed by atoms with van der Waals surface area (Å²) in [5.41, 5.74) is 6.16. The number of nitrogens with zero attached hydrogens (tertiary/aromatic N) is 3. The first kappa shape index (κ1) is 30.3. The highest BCUT2D eigenvalue weighted by Crippen LogP contribution is 2.39. The number of pyridine rings is 1. The number of carbonyl (C=O) groups excluding carboxylic acids is 1. The highest BCUT2D eigenvalue weighted by Gasteiger charge is 2.23. The van der Waals surface area contributed by atoms with E-state index in [-0.39, 0.29) is 12.0 Å². The van der Waals surface area contributed by atoms with Crippen LogP contribution in [0.5, 0.6) is 11.5 Å². The summed E-state index contributed by atoms with van der Waals surface area (Å²) in [4.78, 5) is 18.0. The Morgan fingerprint density at radius 3 is 2.85 bits per heavy atom. The number of fused-ring (bicyclic) bond motifs is 2. The number of hydrogen-bond acceptors (Lipinski definition) is 8. The monoisotopic (exact) mass is 628 g/mol. The molecule has 2 aliphatic rings. The van der Waals surface area contributed by atoms with Crippen LogP contribution < -0.4 is 25.4 Å². The van der Waals surface area contributed by atoms with Crippen molar-refractivity contribution in [2.45, 2.75) is 31.9 Å². The van der Waals surface area contributed by atoms with E-state index in [0.717, 1.165) is 65.8 Å². The largest absolute Gasteiger partial charge is 0.497 e. The smallest absolute Gasteiger partial charge is 0.248 e. The Balaban J connectivity index is 1.22. The zero-order valence-corrected chi connectivity index (χ0v) is 26.2. The van der Waals surface area contributed by atoms with Crippen LogP contribution in [0.25, 0.3) is 21.8 Å². The van der Waals surface area contributed by atoms with Crippen LogP contribution in [0.1, 0.15) is 30.4 Å². The lowest BCUT2D eigenvalue weighted by atomic mass is 10.0. The fraction of sp³-hybridized carbons (Fsp3) is 0.270. The van der Waals surface area contributed by atoms with E-state index in [0.29, 0.717) is 53.3 Å². The number of benzene rings is 3. The zero-order chi connectivity index (χ0) is 32.2. The highest BCUT2D eigenvalue weighted by atomic mass is 16.5. The molecule has 2 fully saturated rings. The minimum absolute atomic E-state index is 0.121. The van der Waals surface area contributed by atoms with E-state index in [9.17, 15) is 10.1 Å². The van der Waals surface area contributed by atoms with Crippen molar-refractivity contribution in [1.82, 2.24) is 14.9 Å². The van der Waals surface area contributed by atoms with E-state index in [2.05, 4.69) is 62.0 Å². The predicted octanol–water partition coefficient (Wildman–Crippen LogP) is 6.28. The van der Waals surface area contributed by atoms with Crippen molar-refractivity contribution >= 4 is 44.8 Å². The van der Waals surface area contributed by atoms with Crippen LogP contribution in [-0.2, 0) is 16.1 Å². The number of ether oxygens (including phenoxy) is 3. The van der Waals surface area contributed by atoms with Crippen molar-refractivity contribution in [3.8, 4) is 17.6 Å². The Labute approximate surface area is 272 Å². The summed E-state index contributed by atoms with van der Waals surface area (Å²) in [5, 5.41) is 21.7. The molecule has 2 aliphatic heterocycles. The Bertz CT molecular complexity index is 2010. The van der Waals surface area contributed by atoms with Crippen LogP contribution in [0.4, 0.5) is 17.1 Å². The number of nitrogens with one attached hydrogen (secondary N) is 3. The minimum atomic E-state index is -0.230. The van der Waals surface area contributed by atoms with Gasteiger partial charge in [-0.1, -0.05) is 17.7 Å². The molecule has 0 spiro atoms. The van der Waals surface area contributed by atoms with E-state index >= 15 is 0 Å². The SMILES string of the molecule is COc1cccc(Cn2ccc3cc(Nc4c(C#N)cnc5c(NC(=O)C=C6CCNCC6)c(OC6CCOC6)ccc45)ccc32)c1. The quantitative estimate of drug-likeness (QED) is 0.163. The lowest BCUT2D eigenvalue weighted by Crippen LogP contribution is -2.24. The molecule has 5 aromatic rings. The average molecular weight is 629 g/mol. The maximum Gasteiger partial charge on any atom is 0.248 e. The number of rotatable bonds is 9. The van der Waals surface area contributed by atoms with Gasteiger partial charge in [0.1, 0.15) is 29.4 Å². The van der Waals surface area contributed by atoms with Gasteiger partial charge in [-0.05, 0) is 80.0 Å². The standard InChI is InChI=1S/C37H36N6O4/c1-45-29-4-2-3-25(17-29)22-43-15-11-26-19-28(5-7-32(26)43)41-35-27(20-38)21-40-36-31(35)6-8-33(47-30-12-16-46-23-30)37(36)42-34(44)18-24-9-13-39-14-10-24/h2-8,11,15,17-19,21,30,39H,9-10,12-14,16,22-23H2,1H3,(H,40,41)(H,42,44). The van der Waals surface area contributed by atoms with Crippen LogP contribution >= 0.6 is 0 Å². The van der Waals surface area contributed by atoms with Gasteiger partial charge in [-0.3, -0.25) is 9.78 Å². The third-order valence-electron chi connectivity index (χ3n) is 8.66. The molecular formula is C37H36N6O4. The van der Waals surface area contributed by atoms with Crippen LogP contribution in [0.3, 0.4) is 0 Å². The number of anilines is 3. The second-order valence-electron chi connectivity index (χ2n) is 11.8. The molecule has 4 heterocycles. The molecule has 0 aliphatic carbocycles. The second kappa shape index (κ2) is 13.5. The third kappa shape index (κ3) is 6.63. The van der Waals surface area contributed by atoms with Gasteiger partial charge in [0.15, 0.2) is 0 Å². The van der Waals surface area contributed by atoms with Gasteiger partial charge >= 0.3 is 0 Å². The molecule has 1 atom stereocenters. The molecule has 0 bridgehead atoms. The van der Waals surface area contributed by atoms with Gasteiger partial charge in [0.05, 0.1) is 37.1 Å². The summed E-state index contributed by atoms with van der Waals surface area (Å²) in [6, 6.07) is 22.3. The molecule has 10 nitrogen and oxygen atoms in total. The summed E-state index contributed by atoms with van der Waals surface area (Å²) < 4.78 is 19.4. The number of nitriles is 1. The topological polar surface area (TPSA) is 122 Å². The van der Waals surface area contributed by atoms with Gasteiger partial charge < -0.3 is 34.7 Å². The third-order valence-corrected chi connectivity index (χ3v) is 8.66. The maximum atomic E-state index is 13.3. The summed E-state index contributed by atoms with van der Waals surface area (Å²) in [5.74, 6) is 1.12. The van der Waals surface area contributed by atoms with Gasteiger partial charge in [0, 0.05) is 53.4 Å². The number of carbonyl (C=O) groups is 1. The normalized spacial score (nSPS) is 16.2. The molecule has 2 saturated heterocycles. The molecule has 0 radical (unpaired) electrons. The van der Waals surface area contributed by atoms with Crippen LogP contribution in [0.15, 0.2) is 84.7 Å². The van der Waals surface area contributed by atoms with Gasteiger partial charge in [-0.2, -0.15) is 5.26 Å². The molecule has 3 N–H and O–H groups in total. The number of hydrogen-bond donors (Lipinski definition) is 3. The summed E-state index contributed by atoms with van der Waals surface area (Å²) in [6.07, 6.45) is 7.60. The molecule has 1 unspecified atom stereocenters. The van der Waals surface area contributed by atoms with Gasteiger partial charge in [0.25, 0.3) is 0 Å². The molecule has 7 rings (SSSR count). The van der Waals surface area contributed by atoms with Crippen molar-refractivity contribution in [3.05, 3.63) is 95.8 Å². The molecule has 0 saturated carbocycles. The molecule has 2 aromatic heterocycles. The molecule has 10 heteroatoms. The Kier molecular flexibility index (Phi) is 8.73. The average Bonchev–Trinajstić information content (AvgIpc) is 3.76. The predicted molar refractivity (Wildman–Crippen MR) is 182 cm³/mol. The maximum absolute atomic E-state index is 13.3. The van der Waals surface area contributed by atoms with E-state index in [1.165, 1.54) is 6.20 Å². The first-order valence-electron chi connectivity index (χ1n) is 15.9. The minimum Gasteiger partial charge on any atom is -0.497 e. The van der Waals surface area contributed by atoms with Crippen LogP contribution in [0, 0.1) is 11.3 Å². The molecule has 47 heavy (non-hydrogen) atoms. The van der Waals surface area contributed by atoms with Crippen molar-refractivity contribution in [1.29, 1.82) is 5.26 Å². The van der Waals surface area contributed by atoms with Gasteiger partial charge in [-0.25, -0.2) is 0 Å². The molecule has 238 valence electrons.